The summed E-state index contributed by atoms with van der Waals surface area (Å²) in [6.07, 6.45) is 0.763. The van der Waals surface area contributed by atoms with Gasteiger partial charge in [0, 0.05) is 18.0 Å². The molecule has 0 fully saturated rings. The smallest absolute Gasteiger partial charge is 0.226 e. The van der Waals surface area contributed by atoms with Gasteiger partial charge in [0.05, 0.1) is 6.04 Å². The zero-order valence-electron chi connectivity index (χ0n) is 10.1. The van der Waals surface area contributed by atoms with Gasteiger partial charge >= 0.3 is 0 Å². The van der Waals surface area contributed by atoms with E-state index in [1.165, 1.54) is 6.92 Å². The van der Waals surface area contributed by atoms with E-state index in [4.69, 9.17) is 0 Å². The minimum absolute atomic E-state index is 0.0343. The zero-order chi connectivity index (χ0) is 12.8. The van der Waals surface area contributed by atoms with Gasteiger partial charge in [0.15, 0.2) is 0 Å². The van der Waals surface area contributed by atoms with Gasteiger partial charge in [0.1, 0.15) is 11.6 Å². The van der Waals surface area contributed by atoms with E-state index in [9.17, 15) is 9.59 Å². The lowest BCUT2D eigenvalue weighted by Crippen LogP contribution is -2.33. The Morgan fingerprint density at radius 2 is 2.18 bits per heavy atom. The van der Waals surface area contributed by atoms with Crippen LogP contribution in [0.4, 0.5) is 5.13 Å². The van der Waals surface area contributed by atoms with Gasteiger partial charge in [0.25, 0.3) is 0 Å². The van der Waals surface area contributed by atoms with E-state index in [1.54, 1.807) is 14.0 Å². The van der Waals surface area contributed by atoms with E-state index in [1.807, 2.05) is 0 Å². The van der Waals surface area contributed by atoms with Crippen LogP contribution < -0.4 is 10.6 Å². The maximum absolute atomic E-state index is 11.6. The second kappa shape index (κ2) is 6.41. The molecule has 7 heteroatoms. The molecule has 0 aliphatic carbocycles. The molecule has 94 valence electrons. The predicted octanol–water partition coefficient (Wildman–Crippen LogP) is 0.742. The van der Waals surface area contributed by atoms with Crippen molar-refractivity contribution < 1.29 is 9.59 Å². The van der Waals surface area contributed by atoms with Gasteiger partial charge in [-0.05, 0) is 27.3 Å². The van der Waals surface area contributed by atoms with Gasteiger partial charge in [-0.25, -0.2) is 4.98 Å². The van der Waals surface area contributed by atoms with Crippen molar-refractivity contribution >= 4 is 28.4 Å². The fourth-order valence-corrected chi connectivity index (χ4v) is 1.95. The third-order valence-electron chi connectivity index (χ3n) is 2.27. The third-order valence-corrected chi connectivity index (χ3v) is 2.99. The predicted molar refractivity (Wildman–Crippen MR) is 66.0 cm³/mol. The summed E-state index contributed by atoms with van der Waals surface area (Å²) >= 11 is 1.15. The molecule has 0 aliphatic rings. The summed E-state index contributed by atoms with van der Waals surface area (Å²) in [6, 6.07) is -0.267. The number of anilines is 1. The van der Waals surface area contributed by atoms with Crippen LogP contribution in [0, 0.1) is 6.92 Å². The van der Waals surface area contributed by atoms with E-state index in [0.29, 0.717) is 17.4 Å². The molecule has 0 bridgehead atoms. The van der Waals surface area contributed by atoms with Crippen molar-refractivity contribution in [2.45, 2.75) is 32.7 Å². The summed E-state index contributed by atoms with van der Waals surface area (Å²) in [5, 5.41) is 6.01. The number of carbonyl (C=O) groups is 2. The number of hydrogen-bond acceptors (Lipinski definition) is 6. The number of aryl methyl sites for hydroxylation is 1. The second-order valence-electron chi connectivity index (χ2n) is 3.69. The molecule has 1 aromatic heterocycles. The van der Waals surface area contributed by atoms with E-state index in [-0.39, 0.29) is 24.2 Å². The highest BCUT2D eigenvalue weighted by molar-refractivity contribution is 7.09. The summed E-state index contributed by atoms with van der Waals surface area (Å²) in [5.41, 5.74) is 0. The van der Waals surface area contributed by atoms with Crippen LogP contribution in [-0.4, -0.2) is 34.1 Å². The highest BCUT2D eigenvalue weighted by atomic mass is 32.1. The Hall–Kier alpha value is -1.34. The Morgan fingerprint density at radius 3 is 2.65 bits per heavy atom. The average Bonchev–Trinajstić information content (AvgIpc) is 2.64. The number of aromatic nitrogens is 2. The fraction of sp³-hybridized carbons (Fsp3) is 0.600. The zero-order valence-corrected chi connectivity index (χ0v) is 10.9. The first-order valence-corrected chi connectivity index (χ1v) is 6.08. The van der Waals surface area contributed by atoms with E-state index < -0.39 is 0 Å². The Kier molecular flexibility index (Phi) is 5.17. The largest absolute Gasteiger partial charge is 0.311 e. The molecule has 1 amide bonds. The lowest BCUT2D eigenvalue weighted by molar-refractivity contribution is -0.119. The van der Waals surface area contributed by atoms with Gasteiger partial charge in [-0.2, -0.15) is 4.37 Å². The molecule has 2 N–H and O–H groups in total. The number of ketones is 1. The quantitative estimate of drug-likeness (QED) is 0.784. The molecule has 0 aromatic carbocycles. The SMILES string of the molecule is CNC(CCC(=O)Nc1nc(C)ns1)C(C)=O. The van der Waals surface area contributed by atoms with Crippen molar-refractivity contribution in [3.05, 3.63) is 5.82 Å². The second-order valence-corrected chi connectivity index (χ2v) is 4.44. The normalized spacial score (nSPS) is 12.2. The molecule has 1 atom stereocenters. The number of nitrogens with one attached hydrogen (secondary N) is 2. The molecule has 0 aliphatic heterocycles. The Balaban J connectivity index is 2.37. The maximum Gasteiger partial charge on any atom is 0.226 e. The van der Waals surface area contributed by atoms with E-state index in [2.05, 4.69) is 20.0 Å². The van der Waals surface area contributed by atoms with Crippen LogP contribution in [0.2, 0.25) is 0 Å². The number of likely N-dealkylation sites (N-methyl/N-ethyl adjacent to an activating group) is 1. The summed E-state index contributed by atoms with van der Waals surface area (Å²) in [7, 11) is 1.71. The van der Waals surface area contributed by atoms with Crippen LogP contribution in [0.1, 0.15) is 25.6 Å². The van der Waals surface area contributed by atoms with Crippen LogP contribution in [-0.2, 0) is 9.59 Å². The van der Waals surface area contributed by atoms with Crippen molar-refractivity contribution in [3.8, 4) is 0 Å². The molecule has 1 aromatic rings. The summed E-state index contributed by atoms with van der Waals surface area (Å²) in [5.74, 6) is 0.525. The number of carbonyl (C=O) groups excluding carboxylic acids is 2. The highest BCUT2D eigenvalue weighted by Gasteiger charge is 2.14. The first kappa shape index (κ1) is 13.7. The molecule has 1 heterocycles. The van der Waals surface area contributed by atoms with Crippen LogP contribution >= 0.6 is 11.5 Å². The molecule has 1 unspecified atom stereocenters. The molecule has 0 radical (unpaired) electrons. The topological polar surface area (TPSA) is 84.0 Å². The monoisotopic (exact) mass is 256 g/mol. The molecular formula is C10H16N4O2S. The number of amides is 1. The molecule has 6 nitrogen and oxygen atoms in total. The van der Waals surface area contributed by atoms with Crippen molar-refractivity contribution in [3.63, 3.8) is 0 Å². The highest BCUT2D eigenvalue weighted by Crippen LogP contribution is 2.11. The molecule has 1 rings (SSSR count). The average molecular weight is 256 g/mol. The minimum Gasteiger partial charge on any atom is -0.311 e. The lowest BCUT2D eigenvalue weighted by Gasteiger charge is -2.11. The number of Topliss-reactive ketones (excluding diaryl/α,β-unsaturated/α-hetero) is 1. The van der Waals surface area contributed by atoms with Crippen LogP contribution in [0.5, 0.6) is 0 Å². The Bertz CT molecular complexity index is 405. The van der Waals surface area contributed by atoms with E-state index >= 15 is 0 Å². The Morgan fingerprint density at radius 1 is 1.47 bits per heavy atom. The van der Waals surface area contributed by atoms with Gasteiger partial charge in [-0.1, -0.05) is 0 Å². The molecular weight excluding hydrogens is 240 g/mol. The van der Waals surface area contributed by atoms with Gasteiger partial charge < -0.3 is 10.6 Å². The third kappa shape index (κ3) is 4.58. The number of rotatable bonds is 6. The van der Waals surface area contributed by atoms with Gasteiger partial charge in [-0.15, -0.1) is 0 Å². The number of nitrogens with zero attached hydrogens (tertiary/aromatic N) is 2. The molecule has 17 heavy (non-hydrogen) atoms. The fourth-order valence-electron chi connectivity index (χ4n) is 1.36. The van der Waals surface area contributed by atoms with Crippen LogP contribution in [0.15, 0.2) is 0 Å². The number of hydrogen-bond donors (Lipinski definition) is 2. The van der Waals surface area contributed by atoms with E-state index in [0.717, 1.165) is 11.5 Å². The first-order chi connectivity index (χ1) is 8.02. The standard InChI is InChI=1S/C10H16N4O2S/c1-6(15)8(11-3)4-5-9(16)13-10-12-7(2)14-17-10/h8,11H,4-5H2,1-3H3,(H,12,13,14,16). The maximum atomic E-state index is 11.6. The van der Waals surface area contributed by atoms with Crippen molar-refractivity contribution in [2.75, 3.05) is 12.4 Å². The van der Waals surface area contributed by atoms with Gasteiger partial charge in [0.2, 0.25) is 11.0 Å². The van der Waals surface area contributed by atoms with Crippen molar-refractivity contribution in [1.82, 2.24) is 14.7 Å². The summed E-state index contributed by atoms with van der Waals surface area (Å²) in [6.45, 7) is 3.27. The van der Waals surface area contributed by atoms with Crippen molar-refractivity contribution in [2.24, 2.45) is 0 Å². The summed E-state index contributed by atoms with van der Waals surface area (Å²) in [4.78, 5) is 26.7. The van der Waals surface area contributed by atoms with Gasteiger partial charge in [-0.3, -0.25) is 9.59 Å². The Labute approximate surface area is 104 Å². The van der Waals surface area contributed by atoms with Crippen LogP contribution in [0.25, 0.3) is 0 Å². The minimum atomic E-state index is -0.267. The van der Waals surface area contributed by atoms with Crippen LogP contribution in [0.3, 0.4) is 0 Å². The molecule has 0 saturated heterocycles. The molecule has 0 saturated carbocycles. The first-order valence-electron chi connectivity index (χ1n) is 5.30. The van der Waals surface area contributed by atoms with Crippen molar-refractivity contribution in [1.29, 1.82) is 0 Å². The molecule has 0 spiro atoms. The summed E-state index contributed by atoms with van der Waals surface area (Å²) < 4.78 is 3.96. The lowest BCUT2D eigenvalue weighted by atomic mass is 10.1.